The van der Waals surface area contributed by atoms with E-state index in [4.69, 9.17) is 23.2 Å². The molecule has 3 heteroatoms. The van der Waals surface area contributed by atoms with Gasteiger partial charge in [0.05, 0.1) is 0 Å². The fourth-order valence-corrected chi connectivity index (χ4v) is 4.56. The lowest BCUT2D eigenvalue weighted by atomic mass is 10.4. The van der Waals surface area contributed by atoms with Gasteiger partial charge in [-0.05, 0) is 12.8 Å². The highest BCUT2D eigenvalue weighted by Crippen LogP contribution is 2.21. The van der Waals surface area contributed by atoms with Crippen molar-refractivity contribution in [3.05, 3.63) is 0 Å². The first-order valence-corrected chi connectivity index (χ1v) is 9.72. The van der Waals surface area contributed by atoms with Gasteiger partial charge in [0.15, 0.2) is 0 Å². The van der Waals surface area contributed by atoms with Gasteiger partial charge in [-0.15, -0.1) is 23.2 Å². The van der Waals surface area contributed by atoms with Crippen molar-refractivity contribution in [2.24, 2.45) is 0 Å². The topological polar surface area (TPSA) is 0 Å². The molecule has 0 aromatic rings. The highest BCUT2D eigenvalue weighted by Gasteiger charge is 2.18. The van der Waals surface area contributed by atoms with E-state index in [-0.39, 0.29) is 0 Å². The van der Waals surface area contributed by atoms with Gasteiger partial charge in [-0.3, -0.25) is 0 Å². The van der Waals surface area contributed by atoms with Gasteiger partial charge in [0.2, 0.25) is 0 Å². The largest absolute Gasteiger partial charge is 0.127 e. The van der Waals surface area contributed by atoms with Gasteiger partial charge < -0.3 is 0 Å². The van der Waals surface area contributed by atoms with Crippen LogP contribution in [-0.2, 0) is 0 Å². The summed E-state index contributed by atoms with van der Waals surface area (Å²) >= 11 is 11.3. The van der Waals surface area contributed by atoms with Crippen molar-refractivity contribution in [2.75, 3.05) is 11.8 Å². The first kappa shape index (κ1) is 13.8. The summed E-state index contributed by atoms with van der Waals surface area (Å²) in [6, 6.07) is 2.87. The summed E-state index contributed by atoms with van der Waals surface area (Å²) in [4.78, 5) is 0. The second-order valence-electron chi connectivity index (χ2n) is 4.46. The van der Waals surface area contributed by atoms with Gasteiger partial charge >= 0.3 is 0 Å². The van der Waals surface area contributed by atoms with E-state index in [9.17, 15) is 0 Å². The number of hydrogen-bond acceptors (Lipinski definition) is 0. The summed E-state index contributed by atoms with van der Waals surface area (Å²) in [5.74, 6) is 1.65. The second kappa shape index (κ2) is 8.13. The summed E-state index contributed by atoms with van der Waals surface area (Å²) in [6.45, 7) is 4.96. The van der Waals surface area contributed by atoms with Crippen molar-refractivity contribution in [1.82, 2.24) is 0 Å². The minimum absolute atomic E-state index is 0.826. The van der Waals surface area contributed by atoms with Gasteiger partial charge in [-0.25, -0.2) is 0 Å². The molecule has 0 radical (unpaired) electrons. The summed E-state index contributed by atoms with van der Waals surface area (Å²) in [6.07, 6.45) is 5.02. The number of rotatable bonds is 8. The van der Waals surface area contributed by atoms with E-state index in [1.54, 1.807) is 0 Å². The van der Waals surface area contributed by atoms with Gasteiger partial charge in [0.25, 0.3) is 0 Å². The van der Waals surface area contributed by atoms with E-state index >= 15 is 0 Å². The maximum atomic E-state index is 5.66. The number of alkyl halides is 2. The maximum Gasteiger partial charge on any atom is 0.0473 e. The minimum Gasteiger partial charge on any atom is -0.127 e. The monoisotopic (exact) mass is 240 g/mol. The Hall–Kier alpha value is 0.797. The highest BCUT2D eigenvalue weighted by atomic mass is 35.5. The molecule has 0 aliphatic rings. The van der Waals surface area contributed by atoms with Crippen molar-refractivity contribution in [3.63, 3.8) is 0 Å². The average Bonchev–Trinajstić information content (AvgIpc) is 2.05. The SMILES string of the molecule is C[Si](C)(CCCCCl)CCCCCl. The van der Waals surface area contributed by atoms with Gasteiger partial charge in [-0.2, -0.15) is 0 Å². The molecular weight excluding hydrogens is 219 g/mol. The van der Waals surface area contributed by atoms with Crippen LogP contribution in [0.25, 0.3) is 0 Å². The molecule has 0 heterocycles. The third-order valence-electron chi connectivity index (χ3n) is 2.47. The van der Waals surface area contributed by atoms with Crippen LogP contribution in [-0.4, -0.2) is 19.8 Å². The molecule has 0 amide bonds. The first-order valence-electron chi connectivity index (χ1n) is 5.24. The Balaban J connectivity index is 3.42. The highest BCUT2D eigenvalue weighted by molar-refractivity contribution is 6.77. The van der Waals surface area contributed by atoms with E-state index < -0.39 is 8.07 Å². The van der Waals surface area contributed by atoms with Crippen molar-refractivity contribution in [3.8, 4) is 0 Å². The lowest BCUT2D eigenvalue weighted by Crippen LogP contribution is -2.24. The molecule has 0 atom stereocenters. The number of hydrogen-bond donors (Lipinski definition) is 0. The Kier molecular flexibility index (Phi) is 8.63. The lowest BCUT2D eigenvalue weighted by Gasteiger charge is -2.21. The molecule has 0 rings (SSSR count). The van der Waals surface area contributed by atoms with Crippen LogP contribution in [0.1, 0.15) is 25.7 Å². The van der Waals surface area contributed by atoms with Crippen LogP contribution >= 0.6 is 23.2 Å². The smallest absolute Gasteiger partial charge is 0.0473 e. The van der Waals surface area contributed by atoms with Crippen LogP contribution in [0.2, 0.25) is 25.2 Å². The third-order valence-corrected chi connectivity index (χ3v) is 6.42. The lowest BCUT2D eigenvalue weighted by molar-refractivity contribution is 0.836. The average molecular weight is 241 g/mol. The van der Waals surface area contributed by atoms with E-state index in [1.807, 2.05) is 0 Å². The van der Waals surface area contributed by atoms with Crippen molar-refractivity contribution in [2.45, 2.75) is 50.9 Å². The van der Waals surface area contributed by atoms with Crippen LogP contribution in [0.5, 0.6) is 0 Å². The summed E-state index contributed by atoms with van der Waals surface area (Å²) in [5.41, 5.74) is 0. The van der Waals surface area contributed by atoms with Crippen molar-refractivity contribution >= 4 is 31.3 Å². The zero-order valence-electron chi connectivity index (χ0n) is 8.91. The number of halogens is 2. The molecular formula is C10H22Cl2Si. The maximum absolute atomic E-state index is 5.66. The number of unbranched alkanes of at least 4 members (excludes halogenated alkanes) is 2. The molecule has 0 saturated carbocycles. The predicted molar refractivity (Wildman–Crippen MR) is 67.0 cm³/mol. The van der Waals surface area contributed by atoms with Crippen molar-refractivity contribution in [1.29, 1.82) is 0 Å². The standard InChI is InChI=1S/C10H22Cl2Si/c1-13(2,9-5-3-7-11)10-6-4-8-12/h3-10H2,1-2H3. The molecule has 0 fully saturated rings. The normalized spacial score (nSPS) is 12.0. The predicted octanol–water partition coefficient (Wildman–Crippen LogP) is 4.73. The van der Waals surface area contributed by atoms with E-state index in [0.717, 1.165) is 11.8 Å². The van der Waals surface area contributed by atoms with Crippen LogP contribution < -0.4 is 0 Å². The molecule has 0 aromatic carbocycles. The molecule has 0 nitrogen and oxygen atoms in total. The zero-order valence-corrected chi connectivity index (χ0v) is 11.4. The Bertz CT molecular complexity index is 103. The van der Waals surface area contributed by atoms with Crippen LogP contribution in [0.4, 0.5) is 0 Å². The Morgan fingerprint density at radius 1 is 0.769 bits per heavy atom. The van der Waals surface area contributed by atoms with Gasteiger partial charge in [-0.1, -0.05) is 38.0 Å². The molecule has 0 aliphatic carbocycles. The van der Waals surface area contributed by atoms with Gasteiger partial charge in [0, 0.05) is 19.8 Å². The summed E-state index contributed by atoms with van der Waals surface area (Å²) in [5, 5.41) is 0. The van der Waals surface area contributed by atoms with Crippen LogP contribution in [0.3, 0.4) is 0 Å². The molecule has 0 saturated heterocycles. The molecule has 0 aliphatic heterocycles. The third kappa shape index (κ3) is 9.11. The van der Waals surface area contributed by atoms with Crippen molar-refractivity contribution < 1.29 is 0 Å². The van der Waals surface area contributed by atoms with Gasteiger partial charge in [0.1, 0.15) is 0 Å². The first-order chi connectivity index (χ1) is 6.12. The molecule has 0 bridgehead atoms. The molecule has 0 spiro atoms. The molecule has 80 valence electrons. The quantitative estimate of drug-likeness (QED) is 0.327. The fraction of sp³-hybridized carbons (Fsp3) is 1.00. The van der Waals surface area contributed by atoms with E-state index in [0.29, 0.717) is 0 Å². The molecule has 0 unspecified atom stereocenters. The van der Waals surface area contributed by atoms with Crippen LogP contribution in [0.15, 0.2) is 0 Å². The molecule has 0 N–H and O–H groups in total. The Morgan fingerprint density at radius 2 is 1.15 bits per heavy atom. The Morgan fingerprint density at radius 3 is 1.46 bits per heavy atom. The minimum atomic E-state index is -0.895. The fourth-order valence-electron chi connectivity index (χ4n) is 1.52. The summed E-state index contributed by atoms with van der Waals surface area (Å²) in [7, 11) is -0.895. The Labute approximate surface area is 94.0 Å². The van der Waals surface area contributed by atoms with E-state index in [1.165, 1.54) is 37.8 Å². The molecule has 13 heavy (non-hydrogen) atoms. The van der Waals surface area contributed by atoms with E-state index in [2.05, 4.69) is 13.1 Å². The molecule has 0 aromatic heterocycles. The van der Waals surface area contributed by atoms with Crippen LogP contribution in [0, 0.1) is 0 Å². The summed E-state index contributed by atoms with van der Waals surface area (Å²) < 4.78 is 0. The zero-order chi connectivity index (χ0) is 10.2. The second-order valence-corrected chi connectivity index (χ2v) is 10.5.